The molecule has 148 valence electrons. The van der Waals surface area contributed by atoms with E-state index in [1.54, 1.807) is 23.7 Å². The standard InChI is InChI=1S/C19H22F2N5PS/c1-3-4-18-24-11-15(28-18)12-26-13(2)5-6-16(25-26)14-9-22-17(23-10-14)7-8-19(20,21)27/h5-6,9-11H,2-4,7-8,12,27H2,1H3. The van der Waals surface area contributed by atoms with E-state index in [4.69, 9.17) is 0 Å². The highest BCUT2D eigenvalue weighted by molar-refractivity contribution is 7.18. The molecule has 3 rings (SSSR count). The Balaban J connectivity index is 1.69. The van der Waals surface area contributed by atoms with Gasteiger partial charge in [-0.05, 0) is 25.0 Å². The van der Waals surface area contributed by atoms with Crippen LogP contribution in [0.3, 0.4) is 0 Å². The van der Waals surface area contributed by atoms with Gasteiger partial charge in [0, 0.05) is 41.9 Å². The van der Waals surface area contributed by atoms with Gasteiger partial charge in [0.1, 0.15) is 5.82 Å². The van der Waals surface area contributed by atoms with Gasteiger partial charge in [0.05, 0.1) is 23.0 Å². The topological polar surface area (TPSA) is 54.3 Å². The Labute approximate surface area is 169 Å². The van der Waals surface area contributed by atoms with Crippen LogP contribution in [-0.4, -0.2) is 31.3 Å². The lowest BCUT2D eigenvalue weighted by molar-refractivity contribution is 0.0941. The molecular weight excluding hydrogens is 399 g/mol. The van der Waals surface area contributed by atoms with Gasteiger partial charge in [0.25, 0.3) is 5.66 Å². The molecule has 1 aliphatic rings. The Morgan fingerprint density at radius 2 is 1.89 bits per heavy atom. The number of alkyl halides is 2. The molecule has 0 radical (unpaired) electrons. The molecule has 0 fully saturated rings. The van der Waals surface area contributed by atoms with Crippen molar-refractivity contribution >= 4 is 26.3 Å². The number of rotatable bonds is 8. The molecule has 0 N–H and O–H groups in total. The van der Waals surface area contributed by atoms with Crippen molar-refractivity contribution in [2.45, 2.75) is 44.8 Å². The largest absolute Gasteiger partial charge is 0.260 e. The monoisotopic (exact) mass is 421 g/mol. The van der Waals surface area contributed by atoms with Gasteiger partial charge in [0.2, 0.25) is 0 Å². The first-order valence-corrected chi connectivity index (χ1v) is 10.4. The molecule has 5 nitrogen and oxygen atoms in total. The van der Waals surface area contributed by atoms with Gasteiger partial charge in [0.15, 0.2) is 0 Å². The molecule has 3 heterocycles. The molecule has 1 atom stereocenters. The second-order valence-electron chi connectivity index (χ2n) is 6.49. The van der Waals surface area contributed by atoms with E-state index in [9.17, 15) is 8.78 Å². The molecule has 9 heteroatoms. The van der Waals surface area contributed by atoms with Gasteiger partial charge >= 0.3 is 0 Å². The third kappa shape index (κ3) is 5.72. The zero-order chi connectivity index (χ0) is 20.1. The van der Waals surface area contributed by atoms with Crippen LogP contribution in [0.2, 0.25) is 0 Å². The second kappa shape index (κ2) is 8.97. The molecule has 2 aromatic heterocycles. The Morgan fingerprint density at radius 3 is 2.57 bits per heavy atom. The fraction of sp³-hybridized carbons (Fsp3) is 0.368. The minimum atomic E-state index is -2.80. The summed E-state index contributed by atoms with van der Waals surface area (Å²) in [4.78, 5) is 13.9. The summed E-state index contributed by atoms with van der Waals surface area (Å²) >= 11 is 1.68. The number of hydrazone groups is 1. The van der Waals surface area contributed by atoms with Crippen molar-refractivity contribution in [2.75, 3.05) is 0 Å². The van der Waals surface area contributed by atoms with E-state index in [1.807, 2.05) is 23.4 Å². The molecule has 0 aromatic carbocycles. The van der Waals surface area contributed by atoms with E-state index in [1.165, 1.54) is 9.24 Å². The van der Waals surface area contributed by atoms with Gasteiger partial charge in [-0.15, -0.1) is 11.3 Å². The summed E-state index contributed by atoms with van der Waals surface area (Å²) in [5.74, 6) is 0.389. The van der Waals surface area contributed by atoms with E-state index < -0.39 is 5.66 Å². The van der Waals surface area contributed by atoms with Crippen LogP contribution in [0.5, 0.6) is 0 Å². The van der Waals surface area contributed by atoms with Crippen LogP contribution in [0.15, 0.2) is 48.1 Å². The number of aromatic nitrogens is 3. The van der Waals surface area contributed by atoms with Crippen molar-refractivity contribution < 1.29 is 8.78 Å². The van der Waals surface area contributed by atoms with Crippen molar-refractivity contribution in [3.8, 4) is 0 Å². The van der Waals surface area contributed by atoms with Gasteiger partial charge in [-0.2, -0.15) is 5.10 Å². The Bertz CT molecular complexity index is 886. The van der Waals surface area contributed by atoms with Crippen molar-refractivity contribution in [2.24, 2.45) is 5.10 Å². The van der Waals surface area contributed by atoms with Crippen LogP contribution in [-0.2, 0) is 19.4 Å². The summed E-state index contributed by atoms with van der Waals surface area (Å²) in [7, 11) is 1.54. The van der Waals surface area contributed by atoms with Crippen LogP contribution < -0.4 is 0 Å². The smallest absolute Gasteiger partial charge is 0.259 e. The van der Waals surface area contributed by atoms with E-state index >= 15 is 0 Å². The maximum absolute atomic E-state index is 12.9. The second-order valence-corrected chi connectivity index (χ2v) is 8.53. The number of hydrogen-bond acceptors (Lipinski definition) is 6. The summed E-state index contributed by atoms with van der Waals surface area (Å²) in [5, 5.41) is 7.58. The summed E-state index contributed by atoms with van der Waals surface area (Å²) in [5.41, 5.74) is -0.582. The number of hydrogen-bond donors (Lipinski definition) is 0. The quantitative estimate of drug-likeness (QED) is 0.586. The lowest BCUT2D eigenvalue weighted by Crippen LogP contribution is -2.20. The van der Waals surface area contributed by atoms with E-state index in [2.05, 4.69) is 33.6 Å². The summed E-state index contributed by atoms with van der Waals surface area (Å²) in [6, 6.07) is 0. The number of allylic oxidation sites excluding steroid dienone is 2. The molecule has 0 spiro atoms. The third-order valence-corrected chi connectivity index (χ3v) is 5.38. The van der Waals surface area contributed by atoms with Crippen LogP contribution >= 0.6 is 20.6 Å². The van der Waals surface area contributed by atoms with Crippen molar-refractivity contribution in [1.29, 1.82) is 0 Å². The van der Waals surface area contributed by atoms with Gasteiger partial charge < -0.3 is 0 Å². The normalized spacial score (nSPS) is 14.5. The van der Waals surface area contributed by atoms with E-state index in [0.29, 0.717) is 18.1 Å². The molecule has 1 unspecified atom stereocenters. The minimum absolute atomic E-state index is 0.119. The molecule has 28 heavy (non-hydrogen) atoms. The minimum Gasteiger partial charge on any atom is -0.260 e. The first-order valence-electron chi connectivity index (χ1n) is 8.99. The highest BCUT2D eigenvalue weighted by Crippen LogP contribution is 2.27. The van der Waals surface area contributed by atoms with Crippen molar-refractivity contribution in [3.63, 3.8) is 0 Å². The van der Waals surface area contributed by atoms with Crippen molar-refractivity contribution in [1.82, 2.24) is 20.0 Å². The average Bonchev–Trinajstić information content (AvgIpc) is 3.09. The highest BCUT2D eigenvalue weighted by atomic mass is 32.1. The van der Waals surface area contributed by atoms with Gasteiger partial charge in [-0.3, -0.25) is 5.01 Å². The molecule has 0 aliphatic carbocycles. The maximum Gasteiger partial charge on any atom is 0.259 e. The van der Waals surface area contributed by atoms with E-state index in [0.717, 1.165) is 34.0 Å². The molecular formula is C19H22F2N5PS. The first kappa shape index (κ1) is 20.7. The third-order valence-electron chi connectivity index (χ3n) is 4.05. The summed E-state index contributed by atoms with van der Waals surface area (Å²) in [6.45, 7) is 6.76. The number of aryl methyl sites for hydroxylation is 2. The highest BCUT2D eigenvalue weighted by Gasteiger charge is 2.21. The van der Waals surface area contributed by atoms with E-state index in [-0.39, 0.29) is 12.8 Å². The predicted molar refractivity (Wildman–Crippen MR) is 111 cm³/mol. The number of thiazole rings is 1. The average molecular weight is 421 g/mol. The molecule has 0 saturated carbocycles. The van der Waals surface area contributed by atoms with Crippen molar-refractivity contribution in [3.05, 3.63) is 64.3 Å². The summed E-state index contributed by atoms with van der Waals surface area (Å²) < 4.78 is 25.9. The summed E-state index contributed by atoms with van der Waals surface area (Å²) in [6.07, 6.45) is 10.7. The lowest BCUT2D eigenvalue weighted by atomic mass is 10.1. The zero-order valence-corrected chi connectivity index (χ0v) is 17.6. The van der Waals surface area contributed by atoms with Crippen LogP contribution in [0.25, 0.3) is 0 Å². The Morgan fingerprint density at radius 1 is 1.14 bits per heavy atom. The molecule has 1 aliphatic heterocycles. The van der Waals surface area contributed by atoms with Gasteiger partial charge in [-0.1, -0.05) is 22.7 Å². The molecule has 0 amide bonds. The Kier molecular flexibility index (Phi) is 6.62. The molecule has 0 saturated heterocycles. The first-order chi connectivity index (χ1) is 13.3. The number of halogens is 2. The van der Waals surface area contributed by atoms with Gasteiger partial charge in [-0.25, -0.2) is 23.7 Å². The van der Waals surface area contributed by atoms with Crippen LogP contribution in [0.4, 0.5) is 8.78 Å². The number of nitrogens with zero attached hydrogens (tertiary/aromatic N) is 5. The molecule has 0 bridgehead atoms. The fourth-order valence-electron chi connectivity index (χ4n) is 2.57. The predicted octanol–water partition coefficient (Wildman–Crippen LogP) is 4.58. The lowest BCUT2D eigenvalue weighted by Gasteiger charge is -2.23. The van der Waals surface area contributed by atoms with Crippen LogP contribution in [0.1, 0.15) is 41.0 Å². The van der Waals surface area contributed by atoms with Crippen LogP contribution in [0, 0.1) is 0 Å². The zero-order valence-electron chi connectivity index (χ0n) is 15.6. The fourth-order valence-corrected chi connectivity index (χ4v) is 3.72. The SMILES string of the molecule is C=C1C=CC(c2cnc(CCC(F)(F)P)nc2)=NN1Cc1cnc(CCC)s1. The maximum atomic E-state index is 12.9. The molecule has 2 aromatic rings. The Hall–Kier alpha value is -2.05.